The first-order chi connectivity index (χ1) is 8.95. The quantitative estimate of drug-likeness (QED) is 0.762. The van der Waals surface area contributed by atoms with Crippen molar-refractivity contribution in [1.29, 1.82) is 0 Å². The molecule has 0 aliphatic heterocycles. The minimum absolute atomic E-state index is 0.0819. The molecule has 2 saturated carbocycles. The number of amides is 1. The maximum Gasteiger partial charge on any atom is 0.234 e. The fourth-order valence-corrected chi connectivity index (χ4v) is 4.07. The molecule has 0 saturated heterocycles. The zero-order chi connectivity index (χ0) is 14.0. The average molecular weight is 268 g/mol. The van der Waals surface area contributed by atoms with Gasteiger partial charge in [0, 0.05) is 12.6 Å². The monoisotopic (exact) mass is 268 g/mol. The van der Waals surface area contributed by atoms with E-state index in [0.29, 0.717) is 25.0 Å². The minimum atomic E-state index is -0.388. The number of hydrogen-bond donors (Lipinski definition) is 2. The molecular formula is C15H28N2O2. The van der Waals surface area contributed by atoms with E-state index in [1.54, 1.807) is 6.92 Å². The topological polar surface area (TPSA) is 52.6 Å². The third-order valence-electron chi connectivity index (χ3n) is 4.81. The number of carbonyl (C=O) groups excluding carboxylic acids is 1. The van der Waals surface area contributed by atoms with Gasteiger partial charge >= 0.3 is 0 Å². The van der Waals surface area contributed by atoms with Crippen molar-refractivity contribution < 1.29 is 9.90 Å². The zero-order valence-electron chi connectivity index (χ0n) is 12.4. The Kier molecular flexibility index (Phi) is 4.85. The van der Waals surface area contributed by atoms with Crippen LogP contribution in [-0.4, -0.2) is 48.2 Å². The van der Waals surface area contributed by atoms with Crippen LogP contribution in [0, 0.1) is 17.8 Å². The first-order valence-electron chi connectivity index (χ1n) is 7.61. The molecule has 0 aromatic carbocycles. The Bertz CT molecular complexity index is 319. The molecule has 2 bridgehead atoms. The Morgan fingerprint density at radius 2 is 2.11 bits per heavy atom. The number of aliphatic hydroxyl groups is 1. The molecular weight excluding hydrogens is 240 g/mol. The van der Waals surface area contributed by atoms with Crippen molar-refractivity contribution in [3.63, 3.8) is 0 Å². The molecule has 5 unspecified atom stereocenters. The summed E-state index contributed by atoms with van der Waals surface area (Å²) in [6.07, 6.45) is 5.06. The third kappa shape index (κ3) is 3.93. The van der Waals surface area contributed by atoms with Crippen LogP contribution in [0.5, 0.6) is 0 Å². The van der Waals surface area contributed by atoms with E-state index >= 15 is 0 Å². The van der Waals surface area contributed by atoms with E-state index in [2.05, 4.69) is 12.2 Å². The second-order valence-electron chi connectivity index (χ2n) is 6.74. The van der Waals surface area contributed by atoms with Gasteiger partial charge in [0.25, 0.3) is 0 Å². The lowest BCUT2D eigenvalue weighted by atomic mass is 9.84. The van der Waals surface area contributed by atoms with E-state index in [1.165, 1.54) is 25.7 Å². The van der Waals surface area contributed by atoms with Gasteiger partial charge in [-0.05, 0) is 57.9 Å². The molecule has 2 N–H and O–H groups in total. The summed E-state index contributed by atoms with van der Waals surface area (Å²) in [4.78, 5) is 13.8. The van der Waals surface area contributed by atoms with Crippen molar-refractivity contribution in [3.8, 4) is 0 Å². The van der Waals surface area contributed by atoms with E-state index in [9.17, 15) is 9.90 Å². The van der Waals surface area contributed by atoms with Crippen molar-refractivity contribution >= 4 is 5.91 Å². The molecule has 0 aromatic rings. The molecule has 5 atom stereocenters. The predicted octanol–water partition coefficient (Wildman–Crippen LogP) is 1.24. The highest BCUT2D eigenvalue weighted by atomic mass is 16.3. The maximum atomic E-state index is 12.0. The Balaban J connectivity index is 1.73. The molecule has 0 aromatic heterocycles. The number of fused-ring (bicyclic) bond motifs is 2. The highest BCUT2D eigenvalue weighted by molar-refractivity contribution is 5.78. The molecule has 2 rings (SSSR count). The van der Waals surface area contributed by atoms with E-state index in [1.807, 2.05) is 11.9 Å². The summed E-state index contributed by atoms with van der Waals surface area (Å²) in [7, 11) is 1.87. The summed E-state index contributed by atoms with van der Waals surface area (Å²) in [5, 5.41) is 12.4. The van der Waals surface area contributed by atoms with Crippen LogP contribution in [0.4, 0.5) is 0 Å². The Morgan fingerprint density at radius 3 is 2.63 bits per heavy atom. The lowest BCUT2D eigenvalue weighted by Gasteiger charge is -2.29. The Morgan fingerprint density at radius 1 is 1.37 bits per heavy atom. The zero-order valence-corrected chi connectivity index (χ0v) is 12.4. The molecule has 19 heavy (non-hydrogen) atoms. The van der Waals surface area contributed by atoms with Crippen molar-refractivity contribution in [2.45, 2.75) is 51.7 Å². The second kappa shape index (κ2) is 6.23. The number of likely N-dealkylation sites (N-methyl/N-ethyl adjacent to an activating group) is 1. The Labute approximate surface area is 116 Å². The highest BCUT2D eigenvalue weighted by Crippen LogP contribution is 2.49. The van der Waals surface area contributed by atoms with Crippen LogP contribution < -0.4 is 5.32 Å². The molecule has 0 heterocycles. The number of hydrogen-bond acceptors (Lipinski definition) is 3. The van der Waals surface area contributed by atoms with Gasteiger partial charge in [-0.3, -0.25) is 9.69 Å². The normalized spacial score (nSPS) is 32.6. The molecule has 4 heteroatoms. The van der Waals surface area contributed by atoms with Crippen LogP contribution in [0.25, 0.3) is 0 Å². The van der Waals surface area contributed by atoms with Crippen molar-refractivity contribution in [1.82, 2.24) is 10.2 Å². The van der Waals surface area contributed by atoms with Crippen LogP contribution in [0.15, 0.2) is 0 Å². The first kappa shape index (κ1) is 14.8. The molecule has 4 nitrogen and oxygen atoms in total. The van der Waals surface area contributed by atoms with Crippen LogP contribution in [0.2, 0.25) is 0 Å². The summed E-state index contributed by atoms with van der Waals surface area (Å²) in [5.41, 5.74) is 0. The molecule has 1 amide bonds. The maximum absolute atomic E-state index is 12.0. The summed E-state index contributed by atoms with van der Waals surface area (Å²) in [5.74, 6) is 2.53. The molecule has 2 aliphatic carbocycles. The summed E-state index contributed by atoms with van der Waals surface area (Å²) < 4.78 is 0. The van der Waals surface area contributed by atoms with Crippen molar-refractivity contribution in [2.24, 2.45) is 17.8 Å². The Hall–Kier alpha value is -0.610. The van der Waals surface area contributed by atoms with Gasteiger partial charge in [-0.15, -0.1) is 0 Å². The van der Waals surface area contributed by atoms with Crippen LogP contribution in [0.1, 0.15) is 39.5 Å². The standard InChI is InChI=1S/C15H28N2O2/c1-10(18)8-17(3)9-15(19)16-11(2)14-7-12-4-5-13(14)6-12/h10-14,18H,4-9H2,1-3H3,(H,16,19). The van der Waals surface area contributed by atoms with E-state index < -0.39 is 0 Å². The van der Waals surface area contributed by atoms with Gasteiger partial charge in [-0.1, -0.05) is 6.42 Å². The smallest absolute Gasteiger partial charge is 0.234 e. The number of nitrogens with zero attached hydrogens (tertiary/aromatic N) is 1. The number of rotatable bonds is 6. The summed E-state index contributed by atoms with van der Waals surface area (Å²) in [6, 6.07) is 0.294. The molecule has 2 fully saturated rings. The molecule has 110 valence electrons. The average Bonchev–Trinajstić information content (AvgIpc) is 2.88. The van der Waals surface area contributed by atoms with Gasteiger partial charge < -0.3 is 10.4 Å². The number of aliphatic hydroxyl groups excluding tert-OH is 1. The van der Waals surface area contributed by atoms with Crippen LogP contribution >= 0.6 is 0 Å². The van der Waals surface area contributed by atoms with Crippen molar-refractivity contribution in [3.05, 3.63) is 0 Å². The van der Waals surface area contributed by atoms with E-state index in [-0.39, 0.29) is 12.0 Å². The van der Waals surface area contributed by atoms with Gasteiger partial charge in [-0.2, -0.15) is 0 Å². The third-order valence-corrected chi connectivity index (χ3v) is 4.81. The fraction of sp³-hybridized carbons (Fsp3) is 0.933. The van der Waals surface area contributed by atoms with Gasteiger partial charge in [0.15, 0.2) is 0 Å². The van der Waals surface area contributed by atoms with E-state index in [0.717, 1.165) is 11.8 Å². The highest BCUT2D eigenvalue weighted by Gasteiger charge is 2.42. The van der Waals surface area contributed by atoms with Gasteiger partial charge in [0.05, 0.1) is 12.6 Å². The number of nitrogens with one attached hydrogen (secondary N) is 1. The van der Waals surface area contributed by atoms with Gasteiger partial charge in [0.1, 0.15) is 0 Å². The lowest BCUT2D eigenvalue weighted by Crippen LogP contribution is -2.45. The number of carbonyl (C=O) groups is 1. The molecule has 0 radical (unpaired) electrons. The fourth-order valence-electron chi connectivity index (χ4n) is 4.07. The molecule has 0 spiro atoms. The van der Waals surface area contributed by atoms with Crippen molar-refractivity contribution in [2.75, 3.05) is 20.1 Å². The first-order valence-corrected chi connectivity index (χ1v) is 7.61. The SMILES string of the molecule is CC(O)CN(C)CC(=O)NC(C)C1CC2CCC1C2. The summed E-state index contributed by atoms with van der Waals surface area (Å²) in [6.45, 7) is 4.80. The predicted molar refractivity (Wildman–Crippen MR) is 75.7 cm³/mol. The van der Waals surface area contributed by atoms with E-state index in [4.69, 9.17) is 0 Å². The molecule has 2 aliphatic rings. The largest absolute Gasteiger partial charge is 0.392 e. The van der Waals surface area contributed by atoms with Crippen LogP contribution in [0.3, 0.4) is 0 Å². The second-order valence-corrected chi connectivity index (χ2v) is 6.74. The summed E-state index contributed by atoms with van der Waals surface area (Å²) >= 11 is 0. The van der Waals surface area contributed by atoms with Gasteiger partial charge in [-0.25, -0.2) is 0 Å². The minimum Gasteiger partial charge on any atom is -0.392 e. The lowest BCUT2D eigenvalue weighted by molar-refractivity contribution is -0.123. The van der Waals surface area contributed by atoms with Crippen LogP contribution in [-0.2, 0) is 4.79 Å². The van der Waals surface area contributed by atoms with Gasteiger partial charge in [0.2, 0.25) is 5.91 Å².